The second-order valence-electron chi connectivity index (χ2n) is 6.37. The second kappa shape index (κ2) is 7.39. The molecule has 0 N–H and O–H groups in total. The Hall–Kier alpha value is -2.81. The van der Waals surface area contributed by atoms with E-state index in [9.17, 15) is 4.79 Å². The first-order valence-corrected chi connectivity index (χ1v) is 8.45. The molecule has 3 nitrogen and oxygen atoms in total. The molecule has 0 radical (unpaired) electrons. The summed E-state index contributed by atoms with van der Waals surface area (Å²) in [6, 6.07) is 22.2. The highest BCUT2D eigenvalue weighted by Gasteiger charge is 2.19. The van der Waals surface area contributed by atoms with Crippen LogP contribution in [0.3, 0.4) is 0 Å². The van der Waals surface area contributed by atoms with Crippen LogP contribution < -0.4 is 4.74 Å². The summed E-state index contributed by atoms with van der Waals surface area (Å²) in [5.41, 5.74) is 2.17. The summed E-state index contributed by atoms with van der Waals surface area (Å²) in [6.07, 6.45) is 0. The molecule has 0 spiro atoms. The molecule has 0 heterocycles. The first-order chi connectivity index (χ1) is 12.1. The Labute approximate surface area is 148 Å². The monoisotopic (exact) mass is 333 g/mol. The summed E-state index contributed by atoms with van der Waals surface area (Å²) < 4.78 is 5.27. The first-order valence-electron chi connectivity index (χ1n) is 8.45. The van der Waals surface area contributed by atoms with E-state index in [0.717, 1.165) is 27.6 Å². The van der Waals surface area contributed by atoms with E-state index >= 15 is 0 Å². The molecule has 25 heavy (non-hydrogen) atoms. The summed E-state index contributed by atoms with van der Waals surface area (Å²) in [7, 11) is 3.52. The summed E-state index contributed by atoms with van der Waals surface area (Å²) in [6.45, 7) is 2.59. The molecule has 0 saturated heterocycles. The Morgan fingerprint density at radius 2 is 1.68 bits per heavy atom. The molecule has 3 rings (SSSR count). The molecule has 0 fully saturated rings. The van der Waals surface area contributed by atoms with Crippen LogP contribution in [0, 0.1) is 0 Å². The lowest BCUT2D eigenvalue weighted by Gasteiger charge is -2.22. The van der Waals surface area contributed by atoms with E-state index < -0.39 is 0 Å². The molecule has 0 aliphatic carbocycles. The lowest BCUT2D eigenvalue weighted by molar-refractivity contribution is -0.131. The van der Waals surface area contributed by atoms with Crippen molar-refractivity contribution in [3.63, 3.8) is 0 Å². The molecular formula is C22H23NO2. The van der Waals surface area contributed by atoms with Gasteiger partial charge in [-0.25, -0.2) is 0 Å². The fourth-order valence-electron chi connectivity index (χ4n) is 3.05. The van der Waals surface area contributed by atoms with Crippen LogP contribution in [0.25, 0.3) is 10.8 Å². The second-order valence-corrected chi connectivity index (χ2v) is 6.37. The maximum absolute atomic E-state index is 12.8. The topological polar surface area (TPSA) is 29.5 Å². The van der Waals surface area contributed by atoms with Gasteiger partial charge in [-0.15, -0.1) is 0 Å². The Bertz CT molecular complexity index is 874. The van der Waals surface area contributed by atoms with Gasteiger partial charge in [0.1, 0.15) is 5.75 Å². The summed E-state index contributed by atoms with van der Waals surface area (Å²) in [4.78, 5) is 14.6. The molecular weight excluding hydrogens is 310 g/mol. The van der Waals surface area contributed by atoms with Gasteiger partial charge in [0.25, 0.3) is 0 Å². The van der Waals surface area contributed by atoms with Crippen LogP contribution in [0.4, 0.5) is 0 Å². The van der Waals surface area contributed by atoms with Gasteiger partial charge >= 0.3 is 0 Å². The molecule has 1 amide bonds. The molecule has 1 atom stereocenters. The van der Waals surface area contributed by atoms with Gasteiger partial charge in [0, 0.05) is 13.6 Å². The highest BCUT2D eigenvalue weighted by atomic mass is 16.5. The zero-order valence-electron chi connectivity index (χ0n) is 14.9. The Kier molecular flexibility index (Phi) is 5.03. The van der Waals surface area contributed by atoms with Gasteiger partial charge in [-0.1, -0.05) is 54.6 Å². The molecule has 0 unspecified atom stereocenters. The third-order valence-corrected chi connectivity index (χ3v) is 4.58. The van der Waals surface area contributed by atoms with Crippen molar-refractivity contribution >= 4 is 16.7 Å². The maximum Gasteiger partial charge on any atom is 0.229 e. The number of carbonyl (C=O) groups excluding carboxylic acids is 1. The van der Waals surface area contributed by atoms with Crippen LogP contribution in [0.15, 0.2) is 66.7 Å². The minimum absolute atomic E-state index is 0.122. The Balaban J connectivity index is 1.78. The number of hydrogen-bond donors (Lipinski definition) is 0. The van der Waals surface area contributed by atoms with Gasteiger partial charge in [-0.2, -0.15) is 0 Å². The van der Waals surface area contributed by atoms with E-state index in [2.05, 4.69) is 6.07 Å². The molecule has 3 aromatic carbocycles. The van der Waals surface area contributed by atoms with Crippen LogP contribution in [-0.2, 0) is 11.3 Å². The predicted molar refractivity (Wildman–Crippen MR) is 102 cm³/mol. The normalized spacial score (nSPS) is 12.0. The van der Waals surface area contributed by atoms with Gasteiger partial charge in [0.2, 0.25) is 5.91 Å². The van der Waals surface area contributed by atoms with Crippen molar-refractivity contribution in [3.8, 4) is 5.75 Å². The molecule has 0 saturated carbocycles. The number of rotatable bonds is 5. The average molecular weight is 333 g/mol. The maximum atomic E-state index is 12.8. The lowest BCUT2D eigenvalue weighted by Crippen LogP contribution is -2.30. The summed E-state index contributed by atoms with van der Waals surface area (Å²) in [5, 5.41) is 2.23. The third-order valence-electron chi connectivity index (χ3n) is 4.58. The largest absolute Gasteiger partial charge is 0.497 e. The van der Waals surface area contributed by atoms with Crippen LogP contribution >= 0.6 is 0 Å². The Morgan fingerprint density at radius 1 is 1.00 bits per heavy atom. The van der Waals surface area contributed by atoms with Crippen LogP contribution in [0.5, 0.6) is 5.75 Å². The van der Waals surface area contributed by atoms with E-state index in [1.807, 2.05) is 74.6 Å². The molecule has 128 valence electrons. The molecule has 3 heteroatoms. The van der Waals surface area contributed by atoms with Crippen LogP contribution in [-0.4, -0.2) is 25.0 Å². The van der Waals surface area contributed by atoms with Crippen molar-refractivity contribution in [2.45, 2.75) is 19.4 Å². The molecule has 0 aromatic heterocycles. The van der Waals surface area contributed by atoms with Crippen LogP contribution in [0.1, 0.15) is 24.0 Å². The van der Waals surface area contributed by atoms with Crippen molar-refractivity contribution in [1.82, 2.24) is 4.90 Å². The SMILES string of the molecule is COc1ccc2cc([C@@H](C)C(=O)N(C)Cc3ccccc3)ccc2c1. The van der Waals surface area contributed by atoms with Gasteiger partial charge in [0.15, 0.2) is 0 Å². The van der Waals surface area contributed by atoms with E-state index in [1.54, 1.807) is 12.0 Å². The number of hydrogen-bond acceptors (Lipinski definition) is 2. The van der Waals surface area contributed by atoms with Crippen molar-refractivity contribution in [1.29, 1.82) is 0 Å². The summed E-state index contributed by atoms with van der Waals surface area (Å²) in [5.74, 6) is 0.781. The van der Waals surface area contributed by atoms with E-state index in [1.165, 1.54) is 0 Å². The number of nitrogens with zero attached hydrogens (tertiary/aromatic N) is 1. The fourth-order valence-corrected chi connectivity index (χ4v) is 3.05. The quantitative estimate of drug-likeness (QED) is 0.682. The predicted octanol–water partition coefficient (Wildman–Crippen LogP) is 4.61. The number of carbonyl (C=O) groups is 1. The molecule has 0 bridgehead atoms. The number of fused-ring (bicyclic) bond motifs is 1. The smallest absolute Gasteiger partial charge is 0.229 e. The van der Waals surface area contributed by atoms with Crippen molar-refractivity contribution in [3.05, 3.63) is 77.9 Å². The van der Waals surface area contributed by atoms with Crippen molar-refractivity contribution < 1.29 is 9.53 Å². The number of ether oxygens (including phenoxy) is 1. The van der Waals surface area contributed by atoms with Crippen LogP contribution in [0.2, 0.25) is 0 Å². The van der Waals surface area contributed by atoms with E-state index in [0.29, 0.717) is 6.54 Å². The minimum atomic E-state index is -0.180. The van der Waals surface area contributed by atoms with Gasteiger partial charge in [-0.05, 0) is 41.0 Å². The van der Waals surface area contributed by atoms with E-state index in [4.69, 9.17) is 4.74 Å². The Morgan fingerprint density at radius 3 is 2.40 bits per heavy atom. The minimum Gasteiger partial charge on any atom is -0.497 e. The highest BCUT2D eigenvalue weighted by Crippen LogP contribution is 2.26. The number of benzene rings is 3. The fraction of sp³-hybridized carbons (Fsp3) is 0.227. The zero-order valence-corrected chi connectivity index (χ0v) is 14.9. The first kappa shape index (κ1) is 17.0. The van der Waals surface area contributed by atoms with Gasteiger partial charge < -0.3 is 9.64 Å². The lowest BCUT2D eigenvalue weighted by atomic mass is 9.96. The van der Waals surface area contributed by atoms with E-state index in [-0.39, 0.29) is 11.8 Å². The van der Waals surface area contributed by atoms with Crippen molar-refractivity contribution in [2.75, 3.05) is 14.2 Å². The highest BCUT2D eigenvalue weighted by molar-refractivity contribution is 5.88. The molecule has 3 aromatic rings. The average Bonchev–Trinajstić information content (AvgIpc) is 2.66. The number of likely N-dealkylation sites (N-methyl/N-ethyl adjacent to an activating group) is 1. The molecule has 0 aliphatic rings. The standard InChI is InChI=1S/C22H23NO2/c1-16(22(24)23(2)15-17-7-5-4-6-8-17)18-9-10-20-14-21(25-3)12-11-19(20)13-18/h4-14,16H,15H2,1-3H3/t16-/m1/s1. The molecule has 0 aliphatic heterocycles. The zero-order chi connectivity index (χ0) is 17.8. The number of amides is 1. The van der Waals surface area contributed by atoms with Gasteiger partial charge in [0.05, 0.1) is 13.0 Å². The van der Waals surface area contributed by atoms with Crippen molar-refractivity contribution in [2.24, 2.45) is 0 Å². The third kappa shape index (κ3) is 3.82. The summed E-state index contributed by atoms with van der Waals surface area (Å²) >= 11 is 0. The van der Waals surface area contributed by atoms with Gasteiger partial charge in [-0.3, -0.25) is 4.79 Å². The number of methoxy groups -OCH3 is 1.